The Morgan fingerprint density at radius 2 is 1.58 bits per heavy atom. The van der Waals surface area contributed by atoms with Crippen molar-refractivity contribution in [3.8, 4) is 0 Å². The van der Waals surface area contributed by atoms with Crippen LogP contribution in [0.25, 0.3) is 0 Å². The smallest absolute Gasteiger partial charge is 0.242 e. The molecule has 0 bridgehead atoms. The number of aryl methyl sites for hydroxylation is 1. The number of carbonyl (C=O) groups is 2. The normalized spacial score (nSPS) is 12.1. The van der Waals surface area contributed by atoms with Crippen LogP contribution in [0.15, 0.2) is 54.6 Å². The van der Waals surface area contributed by atoms with E-state index in [9.17, 15) is 18.0 Å². The Morgan fingerprint density at radius 1 is 0.917 bits per heavy atom. The van der Waals surface area contributed by atoms with Gasteiger partial charge in [-0.05, 0) is 55.4 Å². The average molecular weight is 516 g/mol. The third-order valence-corrected chi connectivity index (χ3v) is 7.40. The SMILES string of the molecule is CCCNC(=O)[C@@H](CC)N(CCc1ccccc1)C(=O)CCCN(c1ccc(CC)cc1)S(C)(=O)=O. The molecule has 1 atom stereocenters. The van der Waals surface area contributed by atoms with E-state index in [-0.39, 0.29) is 24.8 Å². The van der Waals surface area contributed by atoms with Gasteiger partial charge >= 0.3 is 0 Å². The van der Waals surface area contributed by atoms with E-state index < -0.39 is 16.1 Å². The lowest BCUT2D eigenvalue weighted by Crippen LogP contribution is -2.50. The number of rotatable bonds is 15. The van der Waals surface area contributed by atoms with Crippen LogP contribution in [0.2, 0.25) is 0 Å². The highest BCUT2D eigenvalue weighted by atomic mass is 32.2. The molecule has 36 heavy (non-hydrogen) atoms. The van der Waals surface area contributed by atoms with Crippen molar-refractivity contribution in [3.05, 3.63) is 65.7 Å². The van der Waals surface area contributed by atoms with Crippen molar-refractivity contribution < 1.29 is 18.0 Å². The maximum atomic E-state index is 13.4. The van der Waals surface area contributed by atoms with Crippen LogP contribution in [0.3, 0.4) is 0 Å². The molecule has 2 rings (SSSR count). The lowest BCUT2D eigenvalue weighted by Gasteiger charge is -2.31. The monoisotopic (exact) mass is 515 g/mol. The van der Waals surface area contributed by atoms with E-state index in [4.69, 9.17) is 0 Å². The molecule has 0 aromatic heterocycles. The molecule has 0 unspecified atom stereocenters. The number of hydrogen-bond acceptors (Lipinski definition) is 4. The van der Waals surface area contributed by atoms with Gasteiger partial charge in [0.25, 0.3) is 0 Å². The predicted molar refractivity (Wildman–Crippen MR) is 146 cm³/mol. The van der Waals surface area contributed by atoms with E-state index >= 15 is 0 Å². The number of sulfonamides is 1. The second-order valence-corrected chi connectivity index (χ2v) is 10.9. The molecule has 0 spiro atoms. The minimum Gasteiger partial charge on any atom is -0.354 e. The summed E-state index contributed by atoms with van der Waals surface area (Å²) < 4.78 is 26.3. The van der Waals surface area contributed by atoms with Crippen LogP contribution in [0.1, 0.15) is 57.6 Å². The zero-order valence-corrected chi connectivity index (χ0v) is 22.9. The van der Waals surface area contributed by atoms with Gasteiger partial charge in [0.15, 0.2) is 0 Å². The van der Waals surface area contributed by atoms with Gasteiger partial charge in [0.05, 0.1) is 11.9 Å². The van der Waals surface area contributed by atoms with Gasteiger partial charge < -0.3 is 10.2 Å². The third-order valence-electron chi connectivity index (χ3n) is 6.20. The van der Waals surface area contributed by atoms with Gasteiger partial charge in [-0.3, -0.25) is 13.9 Å². The fourth-order valence-electron chi connectivity index (χ4n) is 4.16. The lowest BCUT2D eigenvalue weighted by molar-refractivity contribution is -0.140. The number of amides is 2. The molecule has 1 N–H and O–H groups in total. The summed E-state index contributed by atoms with van der Waals surface area (Å²) in [5.41, 5.74) is 2.81. The summed E-state index contributed by atoms with van der Waals surface area (Å²) in [6, 6.07) is 16.8. The molecule has 8 heteroatoms. The van der Waals surface area contributed by atoms with Gasteiger partial charge in [-0.15, -0.1) is 0 Å². The molecule has 7 nitrogen and oxygen atoms in total. The van der Waals surface area contributed by atoms with Crippen molar-refractivity contribution >= 4 is 27.5 Å². The Kier molecular flexibility index (Phi) is 11.9. The number of anilines is 1. The first kappa shape index (κ1) is 29.4. The zero-order chi connectivity index (χ0) is 26.6. The van der Waals surface area contributed by atoms with Crippen LogP contribution >= 0.6 is 0 Å². The summed E-state index contributed by atoms with van der Waals surface area (Å²) in [6.07, 6.45) is 4.54. The molecule has 0 heterocycles. The van der Waals surface area contributed by atoms with Gasteiger partial charge in [-0.1, -0.05) is 63.2 Å². The Balaban J connectivity index is 2.13. The molecule has 2 aromatic carbocycles. The first-order chi connectivity index (χ1) is 17.2. The third kappa shape index (κ3) is 8.97. The van der Waals surface area contributed by atoms with Gasteiger partial charge in [0.1, 0.15) is 6.04 Å². The van der Waals surface area contributed by atoms with Crippen molar-refractivity contribution in [1.82, 2.24) is 10.2 Å². The van der Waals surface area contributed by atoms with Gasteiger partial charge in [0.2, 0.25) is 21.8 Å². The van der Waals surface area contributed by atoms with Crippen LogP contribution in [0.4, 0.5) is 5.69 Å². The van der Waals surface area contributed by atoms with Crippen molar-refractivity contribution in [3.63, 3.8) is 0 Å². The van der Waals surface area contributed by atoms with E-state index in [0.29, 0.717) is 38.0 Å². The Hall–Kier alpha value is -2.87. The molecule has 0 aliphatic carbocycles. The summed E-state index contributed by atoms with van der Waals surface area (Å²) >= 11 is 0. The molecular formula is C28H41N3O4S. The second kappa shape index (κ2) is 14.6. The summed E-state index contributed by atoms with van der Waals surface area (Å²) in [5.74, 6) is -0.284. The summed E-state index contributed by atoms with van der Waals surface area (Å²) in [5, 5.41) is 2.92. The lowest BCUT2D eigenvalue weighted by atomic mass is 10.1. The summed E-state index contributed by atoms with van der Waals surface area (Å²) in [6.45, 7) is 7.13. The van der Waals surface area contributed by atoms with Crippen molar-refractivity contribution in [1.29, 1.82) is 0 Å². The Bertz CT molecular complexity index is 1060. The molecule has 0 aliphatic heterocycles. The molecule has 2 amide bonds. The van der Waals surface area contributed by atoms with Crippen LogP contribution < -0.4 is 9.62 Å². The fourth-order valence-corrected chi connectivity index (χ4v) is 5.13. The Morgan fingerprint density at radius 3 is 2.14 bits per heavy atom. The first-order valence-electron chi connectivity index (χ1n) is 12.9. The molecule has 0 saturated heterocycles. The van der Waals surface area contributed by atoms with Crippen LogP contribution in [0.5, 0.6) is 0 Å². The van der Waals surface area contributed by atoms with Gasteiger partial charge in [0, 0.05) is 26.1 Å². The minimum absolute atomic E-state index is 0.140. The quantitative estimate of drug-likeness (QED) is 0.386. The van der Waals surface area contributed by atoms with E-state index in [0.717, 1.165) is 24.0 Å². The van der Waals surface area contributed by atoms with Crippen molar-refractivity contribution in [2.75, 3.05) is 30.2 Å². The highest BCUT2D eigenvalue weighted by Crippen LogP contribution is 2.20. The molecule has 0 fully saturated rings. The maximum absolute atomic E-state index is 13.4. The summed E-state index contributed by atoms with van der Waals surface area (Å²) in [7, 11) is -3.50. The second-order valence-electron chi connectivity index (χ2n) is 9.00. The molecule has 2 aromatic rings. The first-order valence-corrected chi connectivity index (χ1v) is 14.7. The van der Waals surface area contributed by atoms with Crippen LogP contribution in [-0.2, 0) is 32.5 Å². The number of carbonyl (C=O) groups excluding carboxylic acids is 2. The van der Waals surface area contributed by atoms with E-state index in [1.54, 1.807) is 17.0 Å². The molecule has 0 aliphatic rings. The number of nitrogens with zero attached hydrogens (tertiary/aromatic N) is 2. The van der Waals surface area contributed by atoms with E-state index in [1.807, 2.05) is 63.2 Å². The molecule has 198 valence electrons. The zero-order valence-electron chi connectivity index (χ0n) is 22.1. The van der Waals surface area contributed by atoms with Gasteiger partial charge in [-0.25, -0.2) is 8.42 Å². The maximum Gasteiger partial charge on any atom is 0.242 e. The minimum atomic E-state index is -3.50. The average Bonchev–Trinajstić information content (AvgIpc) is 2.87. The predicted octanol–water partition coefficient (Wildman–Crippen LogP) is 4.17. The van der Waals surface area contributed by atoms with Gasteiger partial charge in [-0.2, -0.15) is 0 Å². The Labute approximate surface area is 216 Å². The molecule has 0 saturated carbocycles. The highest BCUT2D eigenvalue weighted by molar-refractivity contribution is 7.92. The number of nitrogens with one attached hydrogen (secondary N) is 1. The number of benzene rings is 2. The van der Waals surface area contributed by atoms with Crippen LogP contribution in [-0.4, -0.2) is 57.1 Å². The summed E-state index contributed by atoms with van der Waals surface area (Å²) in [4.78, 5) is 27.9. The standard InChI is InChI=1S/C28H41N3O4S/c1-5-20-29-28(33)26(7-3)30(22-19-24-12-9-8-10-13-24)27(32)14-11-21-31(36(4,34)35)25-17-15-23(6-2)16-18-25/h8-10,12-13,15-18,26H,5-7,11,14,19-22H2,1-4H3,(H,29,33)/t26-/m1/s1. The highest BCUT2D eigenvalue weighted by Gasteiger charge is 2.28. The molecule has 0 radical (unpaired) electrons. The van der Waals surface area contributed by atoms with Crippen molar-refractivity contribution in [2.24, 2.45) is 0 Å². The van der Waals surface area contributed by atoms with E-state index in [2.05, 4.69) is 5.32 Å². The van der Waals surface area contributed by atoms with Crippen molar-refractivity contribution in [2.45, 2.75) is 65.3 Å². The molecular weight excluding hydrogens is 474 g/mol. The largest absolute Gasteiger partial charge is 0.354 e. The van der Waals surface area contributed by atoms with E-state index in [1.165, 1.54) is 10.6 Å². The van der Waals surface area contributed by atoms with Crippen LogP contribution in [0, 0.1) is 0 Å². The topological polar surface area (TPSA) is 86.8 Å². The number of hydrogen-bond donors (Lipinski definition) is 1. The fraction of sp³-hybridized carbons (Fsp3) is 0.500.